The molecule has 0 spiro atoms. The molecule has 0 N–H and O–H groups in total. The summed E-state index contributed by atoms with van der Waals surface area (Å²) in [5.74, 6) is 0.173. The van der Waals surface area contributed by atoms with Crippen molar-refractivity contribution in [3.8, 4) is 0 Å². The molecule has 0 amide bonds. The molecule has 0 saturated carbocycles. The van der Waals surface area contributed by atoms with Gasteiger partial charge >= 0.3 is 5.63 Å². The fourth-order valence-electron chi connectivity index (χ4n) is 3.20. The van der Waals surface area contributed by atoms with Crippen LogP contribution in [0.25, 0.3) is 11.0 Å². The van der Waals surface area contributed by atoms with E-state index in [0.29, 0.717) is 5.58 Å². The molecule has 4 rings (SSSR count). The zero-order chi connectivity index (χ0) is 13.5. The van der Waals surface area contributed by atoms with Crippen molar-refractivity contribution in [2.45, 2.75) is 18.8 Å². The Bertz CT molecular complexity index is 845. The highest BCUT2D eigenvalue weighted by atomic mass is 16.4. The van der Waals surface area contributed by atoms with Crippen molar-refractivity contribution < 1.29 is 4.42 Å². The minimum absolute atomic E-state index is 0.173. The van der Waals surface area contributed by atoms with Crippen molar-refractivity contribution in [3.05, 3.63) is 81.7 Å². The van der Waals surface area contributed by atoms with Crippen molar-refractivity contribution in [2.24, 2.45) is 0 Å². The number of rotatable bonds is 1. The fraction of sp³-hybridized carbons (Fsp3) is 0.167. The molecule has 1 atom stereocenters. The van der Waals surface area contributed by atoms with Crippen LogP contribution in [0.3, 0.4) is 0 Å². The van der Waals surface area contributed by atoms with E-state index >= 15 is 0 Å². The summed E-state index contributed by atoms with van der Waals surface area (Å²) in [5, 5.41) is 0.992. The molecular weight excluding hydrogens is 248 g/mol. The van der Waals surface area contributed by atoms with E-state index in [-0.39, 0.29) is 11.5 Å². The second-order valence-electron chi connectivity index (χ2n) is 5.32. The SMILES string of the molecule is O=c1oc2ccccc2cc1C1CCc2ccccc21. The van der Waals surface area contributed by atoms with Crippen molar-refractivity contribution in [1.29, 1.82) is 0 Å². The summed E-state index contributed by atoms with van der Waals surface area (Å²) >= 11 is 0. The highest BCUT2D eigenvalue weighted by Gasteiger charge is 2.26. The van der Waals surface area contributed by atoms with Crippen molar-refractivity contribution in [2.75, 3.05) is 0 Å². The van der Waals surface area contributed by atoms with Crippen LogP contribution in [-0.2, 0) is 6.42 Å². The minimum atomic E-state index is -0.203. The predicted octanol–water partition coefficient (Wildman–Crippen LogP) is 3.87. The van der Waals surface area contributed by atoms with E-state index in [2.05, 4.69) is 18.2 Å². The maximum atomic E-state index is 12.3. The number of fused-ring (bicyclic) bond motifs is 2. The number of aryl methyl sites for hydroxylation is 1. The molecule has 2 nitrogen and oxygen atoms in total. The van der Waals surface area contributed by atoms with Crippen LogP contribution in [0.2, 0.25) is 0 Å². The van der Waals surface area contributed by atoms with Gasteiger partial charge < -0.3 is 4.42 Å². The summed E-state index contributed by atoms with van der Waals surface area (Å²) in [4.78, 5) is 12.3. The highest BCUT2D eigenvalue weighted by molar-refractivity contribution is 5.77. The molecule has 1 aromatic heterocycles. The van der Waals surface area contributed by atoms with Gasteiger partial charge in [0, 0.05) is 16.9 Å². The van der Waals surface area contributed by atoms with Gasteiger partial charge in [-0.15, -0.1) is 0 Å². The molecule has 1 aliphatic rings. The van der Waals surface area contributed by atoms with Gasteiger partial charge in [-0.3, -0.25) is 0 Å². The van der Waals surface area contributed by atoms with Crippen LogP contribution in [0.1, 0.15) is 29.0 Å². The van der Waals surface area contributed by atoms with Crippen molar-refractivity contribution in [1.82, 2.24) is 0 Å². The number of para-hydroxylation sites is 1. The number of hydrogen-bond acceptors (Lipinski definition) is 2. The first kappa shape index (κ1) is 11.5. The van der Waals surface area contributed by atoms with E-state index in [1.165, 1.54) is 11.1 Å². The Morgan fingerprint density at radius 3 is 2.70 bits per heavy atom. The van der Waals surface area contributed by atoms with Crippen LogP contribution >= 0.6 is 0 Å². The monoisotopic (exact) mass is 262 g/mol. The van der Waals surface area contributed by atoms with Gasteiger partial charge in [0.1, 0.15) is 5.58 Å². The van der Waals surface area contributed by atoms with Crippen LogP contribution in [0.5, 0.6) is 0 Å². The number of hydrogen-bond donors (Lipinski definition) is 0. The Morgan fingerprint density at radius 2 is 1.75 bits per heavy atom. The Hall–Kier alpha value is -2.35. The molecule has 1 heterocycles. The van der Waals surface area contributed by atoms with Crippen LogP contribution < -0.4 is 5.63 Å². The maximum absolute atomic E-state index is 12.3. The molecular formula is C18H14O2. The number of benzene rings is 2. The Kier molecular flexibility index (Phi) is 2.49. The van der Waals surface area contributed by atoms with Crippen LogP contribution in [0.4, 0.5) is 0 Å². The quantitative estimate of drug-likeness (QED) is 0.623. The smallest absolute Gasteiger partial charge is 0.340 e. The summed E-state index contributed by atoms with van der Waals surface area (Å²) in [6.45, 7) is 0. The first-order chi connectivity index (χ1) is 9.83. The molecule has 0 bridgehead atoms. The third-order valence-corrected chi connectivity index (χ3v) is 4.18. The van der Waals surface area contributed by atoms with Gasteiger partial charge in [-0.25, -0.2) is 4.79 Å². The summed E-state index contributed by atoms with van der Waals surface area (Å²) in [6.07, 6.45) is 2.02. The van der Waals surface area contributed by atoms with Crippen molar-refractivity contribution >= 4 is 11.0 Å². The topological polar surface area (TPSA) is 30.2 Å². The summed E-state index contributed by atoms with van der Waals surface area (Å²) in [6, 6.07) is 18.0. The molecule has 3 aromatic rings. The lowest BCUT2D eigenvalue weighted by atomic mass is 9.93. The van der Waals surface area contributed by atoms with E-state index < -0.39 is 0 Å². The van der Waals surface area contributed by atoms with Crippen LogP contribution in [-0.4, -0.2) is 0 Å². The first-order valence-corrected chi connectivity index (χ1v) is 6.93. The standard InChI is InChI=1S/C18H14O2/c19-18-16(11-13-6-2-4-8-17(13)20-18)15-10-9-12-5-1-3-7-14(12)15/h1-8,11,15H,9-10H2. The van der Waals surface area contributed by atoms with Crippen LogP contribution in [0.15, 0.2) is 63.8 Å². The van der Waals surface area contributed by atoms with E-state index in [9.17, 15) is 4.79 Å². The molecule has 2 aromatic carbocycles. The van der Waals surface area contributed by atoms with E-state index in [4.69, 9.17) is 4.42 Å². The van der Waals surface area contributed by atoms with Gasteiger partial charge in [-0.1, -0.05) is 42.5 Å². The molecule has 1 unspecified atom stereocenters. The van der Waals surface area contributed by atoms with E-state index in [0.717, 1.165) is 23.8 Å². The Morgan fingerprint density at radius 1 is 0.950 bits per heavy atom. The Labute approximate surface area is 116 Å². The molecule has 0 radical (unpaired) electrons. The van der Waals surface area contributed by atoms with E-state index in [1.807, 2.05) is 36.4 Å². The molecule has 1 aliphatic carbocycles. The first-order valence-electron chi connectivity index (χ1n) is 6.93. The third kappa shape index (κ3) is 1.68. The highest BCUT2D eigenvalue weighted by Crippen LogP contribution is 2.37. The van der Waals surface area contributed by atoms with E-state index in [1.54, 1.807) is 0 Å². The predicted molar refractivity (Wildman–Crippen MR) is 79.1 cm³/mol. The molecule has 0 fully saturated rings. The maximum Gasteiger partial charge on any atom is 0.340 e. The van der Waals surface area contributed by atoms with Crippen molar-refractivity contribution in [3.63, 3.8) is 0 Å². The average molecular weight is 262 g/mol. The lowest BCUT2D eigenvalue weighted by Crippen LogP contribution is -2.11. The molecule has 0 aliphatic heterocycles. The molecule has 20 heavy (non-hydrogen) atoms. The Balaban J connectivity index is 1.91. The summed E-state index contributed by atoms with van der Waals surface area (Å²) < 4.78 is 5.46. The fourth-order valence-corrected chi connectivity index (χ4v) is 3.20. The normalized spacial score (nSPS) is 17.3. The largest absolute Gasteiger partial charge is 0.423 e. The van der Waals surface area contributed by atoms with Gasteiger partial charge in [-0.05, 0) is 36.1 Å². The van der Waals surface area contributed by atoms with Gasteiger partial charge in [0.05, 0.1) is 0 Å². The molecule has 98 valence electrons. The van der Waals surface area contributed by atoms with Gasteiger partial charge in [0.2, 0.25) is 0 Å². The zero-order valence-corrected chi connectivity index (χ0v) is 11.0. The lowest BCUT2D eigenvalue weighted by molar-refractivity contribution is 0.543. The van der Waals surface area contributed by atoms with Gasteiger partial charge in [0.15, 0.2) is 0 Å². The zero-order valence-electron chi connectivity index (χ0n) is 11.0. The second-order valence-corrected chi connectivity index (χ2v) is 5.32. The third-order valence-electron chi connectivity index (χ3n) is 4.18. The second kappa shape index (κ2) is 4.34. The summed E-state index contributed by atoms with van der Waals surface area (Å²) in [5.41, 5.74) is 3.87. The lowest BCUT2D eigenvalue weighted by Gasteiger charge is -2.11. The van der Waals surface area contributed by atoms with Crippen LogP contribution in [0, 0.1) is 0 Å². The minimum Gasteiger partial charge on any atom is -0.423 e. The summed E-state index contributed by atoms with van der Waals surface area (Å²) in [7, 11) is 0. The molecule has 0 saturated heterocycles. The molecule has 2 heteroatoms. The van der Waals surface area contributed by atoms with Gasteiger partial charge in [0.25, 0.3) is 0 Å². The average Bonchev–Trinajstić information content (AvgIpc) is 2.90. The van der Waals surface area contributed by atoms with Gasteiger partial charge in [-0.2, -0.15) is 0 Å².